The molecule has 8 heteroatoms. The predicted molar refractivity (Wildman–Crippen MR) is 85.7 cm³/mol. The maximum atomic E-state index is 13.3. The summed E-state index contributed by atoms with van der Waals surface area (Å²) in [6.07, 6.45) is -3.55. The van der Waals surface area contributed by atoms with Crippen LogP contribution in [0.3, 0.4) is 0 Å². The lowest BCUT2D eigenvalue weighted by atomic mass is 9.94. The Bertz CT molecular complexity index is 640. The van der Waals surface area contributed by atoms with Crippen molar-refractivity contribution in [3.8, 4) is 0 Å². The lowest BCUT2D eigenvalue weighted by Gasteiger charge is -2.28. The normalized spacial score (nSPS) is 15.2. The van der Waals surface area contributed by atoms with E-state index in [-0.39, 0.29) is 23.8 Å². The van der Waals surface area contributed by atoms with E-state index in [0.717, 1.165) is 18.9 Å². The fourth-order valence-electron chi connectivity index (χ4n) is 2.75. The van der Waals surface area contributed by atoms with Gasteiger partial charge in [0.2, 0.25) is 0 Å². The number of hydrogen-bond acceptors (Lipinski definition) is 4. The molecule has 0 saturated heterocycles. The Labute approximate surface area is 138 Å². The Morgan fingerprint density at radius 3 is 2.38 bits per heavy atom. The first-order valence-corrected chi connectivity index (χ1v) is 7.61. The number of nitrogen functional groups attached to an aromatic ring is 1. The minimum absolute atomic E-state index is 0.0106. The van der Waals surface area contributed by atoms with E-state index in [2.05, 4.69) is 0 Å². The summed E-state index contributed by atoms with van der Waals surface area (Å²) >= 11 is 0. The molecule has 2 rings (SSSR count). The van der Waals surface area contributed by atoms with Crippen molar-refractivity contribution in [2.75, 3.05) is 17.7 Å². The highest BCUT2D eigenvalue weighted by Crippen LogP contribution is 2.42. The molecule has 0 unspecified atom stereocenters. The molecule has 134 valence electrons. The molecule has 0 radical (unpaired) electrons. The fourth-order valence-corrected chi connectivity index (χ4v) is 2.75. The van der Waals surface area contributed by atoms with Gasteiger partial charge in [0.15, 0.2) is 0 Å². The molecule has 1 aliphatic carbocycles. The van der Waals surface area contributed by atoms with Crippen molar-refractivity contribution in [2.45, 2.75) is 50.9 Å². The van der Waals surface area contributed by atoms with Gasteiger partial charge in [-0.15, -0.1) is 0 Å². The van der Waals surface area contributed by atoms with Crippen LogP contribution in [0.5, 0.6) is 0 Å². The van der Waals surface area contributed by atoms with Gasteiger partial charge in [-0.3, -0.25) is 0 Å². The zero-order valence-electron chi connectivity index (χ0n) is 13.9. The summed E-state index contributed by atoms with van der Waals surface area (Å²) in [7, 11) is 1.65. The number of nitrogens with zero attached hydrogens (tertiary/aromatic N) is 1. The minimum Gasteiger partial charge on any atom is -0.443 e. The van der Waals surface area contributed by atoms with E-state index in [9.17, 15) is 18.0 Å². The average molecular weight is 345 g/mol. The van der Waals surface area contributed by atoms with Crippen LogP contribution in [0.25, 0.3) is 0 Å². The fraction of sp³-hybridized carbons (Fsp3) is 0.562. The number of hydrogen-bond donors (Lipinski definition) is 2. The zero-order chi connectivity index (χ0) is 18.3. The van der Waals surface area contributed by atoms with E-state index in [4.69, 9.17) is 16.2 Å². The van der Waals surface area contributed by atoms with Crippen LogP contribution in [-0.4, -0.2) is 24.8 Å². The van der Waals surface area contributed by atoms with E-state index in [1.165, 1.54) is 6.07 Å². The van der Waals surface area contributed by atoms with Crippen molar-refractivity contribution < 1.29 is 22.7 Å². The molecular formula is C16H22F3N3O2. The van der Waals surface area contributed by atoms with Crippen LogP contribution >= 0.6 is 0 Å². The van der Waals surface area contributed by atoms with Crippen LogP contribution in [0.15, 0.2) is 12.1 Å². The number of carbonyl (C=O) groups is 1. The second-order valence-electron chi connectivity index (χ2n) is 6.77. The van der Waals surface area contributed by atoms with Crippen molar-refractivity contribution in [2.24, 2.45) is 5.73 Å². The highest BCUT2D eigenvalue weighted by atomic mass is 19.4. The molecule has 24 heavy (non-hydrogen) atoms. The Hall–Kier alpha value is -2.12. The van der Waals surface area contributed by atoms with Crippen LogP contribution in [0.2, 0.25) is 0 Å². The number of rotatable bonds is 5. The summed E-state index contributed by atoms with van der Waals surface area (Å²) in [6.45, 7) is 3.25. The average Bonchev–Trinajstić information content (AvgIpc) is 3.21. The van der Waals surface area contributed by atoms with Crippen LogP contribution in [0.1, 0.15) is 37.8 Å². The molecule has 1 aliphatic rings. The maximum Gasteiger partial charge on any atom is 0.418 e. The third-order valence-corrected chi connectivity index (χ3v) is 4.03. The van der Waals surface area contributed by atoms with Gasteiger partial charge in [0, 0.05) is 30.9 Å². The van der Waals surface area contributed by atoms with Crippen molar-refractivity contribution in [3.05, 3.63) is 23.3 Å². The second-order valence-corrected chi connectivity index (χ2v) is 6.77. The van der Waals surface area contributed by atoms with Gasteiger partial charge in [0.05, 0.1) is 5.56 Å². The topological polar surface area (TPSA) is 81.6 Å². The van der Waals surface area contributed by atoms with Gasteiger partial charge >= 0.3 is 12.3 Å². The molecule has 1 aromatic rings. The first kappa shape index (κ1) is 18.2. The van der Waals surface area contributed by atoms with Crippen molar-refractivity contribution >= 4 is 17.5 Å². The summed E-state index contributed by atoms with van der Waals surface area (Å²) in [5, 5.41) is 0. The number of halogens is 3. The summed E-state index contributed by atoms with van der Waals surface area (Å²) in [4.78, 5) is 12.6. The standard InChI is InChI=1S/C16H22F3N3O2/c1-15(2,24-14(21)23)8-9-6-13(22(3)10-4-5-10)11(7-12(9)20)16(17,18)19/h6-7,10H,4-5,8,20H2,1-3H3,(H2,21,23). The van der Waals surface area contributed by atoms with Gasteiger partial charge in [-0.25, -0.2) is 4.79 Å². The molecule has 1 saturated carbocycles. The van der Waals surface area contributed by atoms with E-state index in [0.29, 0.717) is 5.56 Å². The highest BCUT2D eigenvalue weighted by Gasteiger charge is 2.38. The van der Waals surface area contributed by atoms with Crippen LogP contribution in [0, 0.1) is 0 Å². The summed E-state index contributed by atoms with van der Waals surface area (Å²) in [6, 6.07) is 2.49. The molecule has 0 heterocycles. The van der Waals surface area contributed by atoms with Crippen LogP contribution < -0.4 is 16.4 Å². The van der Waals surface area contributed by atoms with Crippen LogP contribution in [0.4, 0.5) is 29.3 Å². The molecule has 0 bridgehead atoms. The molecule has 0 spiro atoms. The summed E-state index contributed by atoms with van der Waals surface area (Å²) in [5.74, 6) is 0. The quantitative estimate of drug-likeness (QED) is 0.802. The molecule has 4 N–H and O–H groups in total. The molecule has 1 amide bonds. The van der Waals surface area contributed by atoms with Crippen molar-refractivity contribution in [1.82, 2.24) is 0 Å². The molecule has 0 aliphatic heterocycles. The first-order valence-electron chi connectivity index (χ1n) is 7.61. The number of nitrogens with two attached hydrogens (primary N) is 2. The van der Waals surface area contributed by atoms with Gasteiger partial charge in [0.25, 0.3) is 0 Å². The Morgan fingerprint density at radius 2 is 1.92 bits per heavy atom. The first-order chi connectivity index (χ1) is 10.9. The second kappa shape index (κ2) is 6.07. The minimum atomic E-state index is -4.50. The number of benzene rings is 1. The van der Waals surface area contributed by atoms with Crippen molar-refractivity contribution in [1.29, 1.82) is 0 Å². The van der Waals surface area contributed by atoms with E-state index >= 15 is 0 Å². The molecule has 1 aromatic carbocycles. The summed E-state index contributed by atoms with van der Waals surface area (Å²) < 4.78 is 45.0. The lowest BCUT2D eigenvalue weighted by Crippen LogP contribution is -2.33. The number of alkyl halides is 3. The van der Waals surface area contributed by atoms with Gasteiger partial charge < -0.3 is 21.1 Å². The van der Waals surface area contributed by atoms with E-state index in [1.54, 1.807) is 25.8 Å². The molecule has 5 nitrogen and oxygen atoms in total. The Kier molecular flexibility index (Phi) is 4.61. The monoisotopic (exact) mass is 345 g/mol. The van der Waals surface area contributed by atoms with Crippen LogP contribution in [-0.2, 0) is 17.3 Å². The smallest absolute Gasteiger partial charge is 0.418 e. The van der Waals surface area contributed by atoms with Gasteiger partial charge in [-0.05, 0) is 44.4 Å². The number of anilines is 2. The number of carbonyl (C=O) groups excluding carboxylic acids is 1. The van der Waals surface area contributed by atoms with E-state index < -0.39 is 23.4 Å². The molecule has 1 fully saturated rings. The molecule has 0 aromatic heterocycles. The lowest BCUT2D eigenvalue weighted by molar-refractivity contribution is -0.137. The maximum absolute atomic E-state index is 13.3. The zero-order valence-corrected chi connectivity index (χ0v) is 13.9. The van der Waals surface area contributed by atoms with Gasteiger partial charge in [0.1, 0.15) is 5.60 Å². The number of ether oxygens (including phenoxy) is 1. The van der Waals surface area contributed by atoms with Crippen molar-refractivity contribution in [3.63, 3.8) is 0 Å². The van der Waals surface area contributed by atoms with E-state index in [1.807, 2.05) is 0 Å². The predicted octanol–water partition coefficient (Wildman–Crippen LogP) is 3.30. The highest BCUT2D eigenvalue weighted by molar-refractivity contribution is 5.67. The largest absolute Gasteiger partial charge is 0.443 e. The Balaban J connectivity index is 2.42. The van der Waals surface area contributed by atoms with Gasteiger partial charge in [-0.2, -0.15) is 13.2 Å². The molecule has 0 atom stereocenters. The SMILES string of the molecule is CN(c1cc(CC(C)(C)OC(N)=O)c(N)cc1C(F)(F)F)C1CC1. The third-order valence-electron chi connectivity index (χ3n) is 4.03. The van der Waals surface area contributed by atoms with Gasteiger partial charge in [-0.1, -0.05) is 0 Å². The summed E-state index contributed by atoms with van der Waals surface area (Å²) in [5.41, 5.74) is 9.70. The third kappa shape index (κ3) is 4.24. The molecular weight excluding hydrogens is 323 g/mol. The number of amides is 1. The number of primary amides is 1. The Morgan fingerprint density at radius 1 is 1.33 bits per heavy atom.